The summed E-state index contributed by atoms with van der Waals surface area (Å²) < 4.78 is 5.45. The number of ketones is 1. The van der Waals surface area contributed by atoms with E-state index in [9.17, 15) is 14.4 Å². The molecule has 0 unspecified atom stereocenters. The molecule has 0 radical (unpaired) electrons. The molecule has 2 aromatic rings. The number of hydrogen-bond donors (Lipinski definition) is 0. The van der Waals surface area contributed by atoms with Gasteiger partial charge in [-0.05, 0) is 63.3 Å². The van der Waals surface area contributed by atoms with E-state index in [2.05, 4.69) is 0 Å². The van der Waals surface area contributed by atoms with Crippen LogP contribution in [-0.4, -0.2) is 42.3 Å². The average molecular weight is 414 g/mol. The van der Waals surface area contributed by atoms with E-state index in [0.29, 0.717) is 42.3 Å². The molecule has 1 aliphatic rings. The van der Waals surface area contributed by atoms with E-state index in [1.54, 1.807) is 24.0 Å². The number of carbonyl (C=O) groups excluding carboxylic acids is 3. The van der Waals surface area contributed by atoms with Gasteiger partial charge in [0.25, 0.3) is 5.91 Å². The van der Waals surface area contributed by atoms with Crippen molar-refractivity contribution in [2.75, 3.05) is 19.7 Å². The molecule has 6 heteroatoms. The summed E-state index contributed by atoms with van der Waals surface area (Å²) >= 11 is 1.21. The van der Waals surface area contributed by atoms with Crippen LogP contribution in [0.15, 0.2) is 36.4 Å². The normalized spacial score (nSPS) is 19.1. The lowest BCUT2D eigenvalue weighted by Crippen LogP contribution is -2.51. The minimum Gasteiger partial charge on any atom is -0.466 e. The van der Waals surface area contributed by atoms with Gasteiger partial charge in [0.2, 0.25) is 0 Å². The molecule has 1 aromatic carbocycles. The Labute approximate surface area is 175 Å². The molecule has 0 spiro atoms. The molecule has 1 amide bonds. The predicted octanol–water partition coefficient (Wildman–Crippen LogP) is 4.29. The average Bonchev–Trinajstić information content (AvgIpc) is 3.20. The lowest BCUT2D eigenvalue weighted by Gasteiger charge is -2.41. The third-order valence-electron chi connectivity index (χ3n) is 5.53. The van der Waals surface area contributed by atoms with Crippen LogP contribution in [0, 0.1) is 12.3 Å². The van der Waals surface area contributed by atoms with E-state index in [4.69, 9.17) is 4.74 Å². The number of Topliss-reactive ketones (excluding diaryl/α,β-unsaturated/α-hetero) is 1. The summed E-state index contributed by atoms with van der Waals surface area (Å²) in [5.74, 6) is -0.412. The fraction of sp³-hybridized carbons (Fsp3) is 0.435. The first kappa shape index (κ1) is 21.2. The van der Waals surface area contributed by atoms with Crippen LogP contribution in [0.1, 0.15) is 57.2 Å². The Hall–Kier alpha value is -2.47. The van der Waals surface area contributed by atoms with Crippen LogP contribution >= 0.6 is 11.3 Å². The Balaban J connectivity index is 1.88. The van der Waals surface area contributed by atoms with Crippen molar-refractivity contribution in [2.24, 2.45) is 5.41 Å². The van der Waals surface area contributed by atoms with Crippen molar-refractivity contribution in [1.29, 1.82) is 0 Å². The van der Waals surface area contributed by atoms with Gasteiger partial charge in [0.15, 0.2) is 5.78 Å². The van der Waals surface area contributed by atoms with E-state index in [0.717, 1.165) is 17.5 Å². The number of ether oxygens (including phenoxy) is 1. The molecule has 5 nitrogen and oxygen atoms in total. The fourth-order valence-electron chi connectivity index (χ4n) is 3.94. The van der Waals surface area contributed by atoms with Crippen molar-refractivity contribution in [3.8, 4) is 0 Å². The second-order valence-electron chi connectivity index (χ2n) is 7.65. The fourth-order valence-corrected chi connectivity index (χ4v) is 4.81. The number of rotatable bonds is 6. The maximum atomic E-state index is 13.1. The van der Waals surface area contributed by atoms with Gasteiger partial charge in [-0.2, -0.15) is 0 Å². The molecule has 1 fully saturated rings. The highest BCUT2D eigenvalue weighted by Gasteiger charge is 2.45. The number of nitrogens with zero attached hydrogens (tertiary/aromatic N) is 1. The van der Waals surface area contributed by atoms with Gasteiger partial charge in [-0.3, -0.25) is 14.4 Å². The molecule has 0 saturated carbocycles. The number of benzene rings is 1. The van der Waals surface area contributed by atoms with Gasteiger partial charge in [-0.15, -0.1) is 11.3 Å². The van der Waals surface area contributed by atoms with Crippen molar-refractivity contribution in [3.63, 3.8) is 0 Å². The number of hydrogen-bond acceptors (Lipinski definition) is 5. The molecule has 1 saturated heterocycles. The molecule has 29 heavy (non-hydrogen) atoms. The van der Waals surface area contributed by atoms with Crippen LogP contribution in [0.25, 0.3) is 0 Å². The van der Waals surface area contributed by atoms with Gasteiger partial charge in [-0.25, -0.2) is 0 Å². The van der Waals surface area contributed by atoms with E-state index < -0.39 is 5.41 Å². The van der Waals surface area contributed by atoms with Gasteiger partial charge in [0.1, 0.15) is 0 Å². The summed E-state index contributed by atoms with van der Waals surface area (Å²) in [5.41, 5.74) is 1.48. The minimum atomic E-state index is -0.753. The van der Waals surface area contributed by atoms with Gasteiger partial charge in [-0.1, -0.05) is 24.3 Å². The first-order valence-corrected chi connectivity index (χ1v) is 10.8. The smallest absolute Gasteiger partial charge is 0.314 e. The third-order valence-corrected chi connectivity index (χ3v) is 6.70. The highest BCUT2D eigenvalue weighted by Crippen LogP contribution is 2.37. The molecular weight excluding hydrogens is 386 g/mol. The van der Waals surface area contributed by atoms with Crippen molar-refractivity contribution in [2.45, 2.75) is 40.0 Å². The van der Waals surface area contributed by atoms with E-state index >= 15 is 0 Å². The Morgan fingerprint density at radius 3 is 2.52 bits per heavy atom. The van der Waals surface area contributed by atoms with Gasteiger partial charge in [0, 0.05) is 13.1 Å². The summed E-state index contributed by atoms with van der Waals surface area (Å²) in [6.07, 6.45) is 1.97. The maximum absolute atomic E-state index is 13.1. The molecule has 154 valence electrons. The number of esters is 1. The maximum Gasteiger partial charge on any atom is 0.314 e. The first-order valence-electron chi connectivity index (χ1n) is 9.98. The lowest BCUT2D eigenvalue weighted by molar-refractivity contribution is -0.158. The molecule has 1 aliphatic heterocycles. The van der Waals surface area contributed by atoms with Crippen LogP contribution < -0.4 is 0 Å². The monoisotopic (exact) mass is 413 g/mol. The number of thiophene rings is 1. The molecule has 1 aromatic heterocycles. The molecule has 1 atom stereocenters. The van der Waals surface area contributed by atoms with Crippen LogP contribution in [0.3, 0.4) is 0 Å². The van der Waals surface area contributed by atoms with E-state index in [1.165, 1.54) is 18.3 Å². The second-order valence-corrected chi connectivity index (χ2v) is 8.74. The Morgan fingerprint density at radius 2 is 1.86 bits per heavy atom. The zero-order valence-electron chi connectivity index (χ0n) is 17.2. The largest absolute Gasteiger partial charge is 0.466 e. The number of likely N-dealkylation sites (tertiary alicyclic amines) is 1. The van der Waals surface area contributed by atoms with Gasteiger partial charge in [0.05, 0.1) is 21.8 Å². The van der Waals surface area contributed by atoms with Crippen LogP contribution in [0.2, 0.25) is 0 Å². The van der Waals surface area contributed by atoms with Gasteiger partial charge < -0.3 is 9.64 Å². The quantitative estimate of drug-likeness (QED) is 0.524. The number of piperidine rings is 1. The zero-order chi connectivity index (χ0) is 21.0. The molecule has 3 rings (SSSR count). The highest BCUT2D eigenvalue weighted by atomic mass is 32.1. The summed E-state index contributed by atoms with van der Waals surface area (Å²) in [7, 11) is 0. The SMILES string of the molecule is CCOC(=O)[C@]1(Cc2ccccc2C)CCCN(C(=O)c2ccc(C(C)=O)s2)C1. The summed E-state index contributed by atoms with van der Waals surface area (Å²) in [4.78, 5) is 40.6. The van der Waals surface area contributed by atoms with Crippen LogP contribution in [0.5, 0.6) is 0 Å². The van der Waals surface area contributed by atoms with E-state index in [1.807, 2.05) is 31.2 Å². The highest BCUT2D eigenvalue weighted by molar-refractivity contribution is 7.15. The van der Waals surface area contributed by atoms with Crippen LogP contribution in [-0.2, 0) is 16.0 Å². The van der Waals surface area contributed by atoms with E-state index in [-0.39, 0.29) is 17.7 Å². The van der Waals surface area contributed by atoms with Crippen molar-refractivity contribution in [1.82, 2.24) is 4.90 Å². The van der Waals surface area contributed by atoms with Gasteiger partial charge >= 0.3 is 5.97 Å². The Kier molecular flexibility index (Phi) is 6.52. The first-order chi connectivity index (χ1) is 13.9. The molecule has 0 aliphatic carbocycles. The standard InChI is InChI=1S/C23H27NO4S/c1-4-28-22(27)23(14-18-9-6-5-8-16(18)2)12-7-13-24(15-23)21(26)20-11-10-19(29-20)17(3)25/h5-6,8-11H,4,7,12-15H2,1-3H3/t23-/m0/s1. The van der Waals surface area contributed by atoms with Crippen molar-refractivity contribution in [3.05, 3.63) is 57.3 Å². The molecule has 0 N–H and O–H groups in total. The minimum absolute atomic E-state index is 0.0480. The Morgan fingerprint density at radius 1 is 1.14 bits per heavy atom. The third kappa shape index (κ3) is 4.58. The lowest BCUT2D eigenvalue weighted by atomic mass is 9.74. The summed E-state index contributed by atoms with van der Waals surface area (Å²) in [6, 6.07) is 11.4. The molecule has 2 heterocycles. The molecule has 0 bridgehead atoms. The number of aryl methyl sites for hydroxylation is 1. The summed E-state index contributed by atoms with van der Waals surface area (Å²) in [5, 5.41) is 0. The zero-order valence-corrected chi connectivity index (χ0v) is 18.0. The predicted molar refractivity (Wildman–Crippen MR) is 113 cm³/mol. The van der Waals surface area contributed by atoms with Crippen LogP contribution in [0.4, 0.5) is 0 Å². The van der Waals surface area contributed by atoms with Crippen molar-refractivity contribution < 1.29 is 19.1 Å². The Bertz CT molecular complexity index is 919. The molecular formula is C23H27NO4S. The second kappa shape index (κ2) is 8.91. The number of amides is 1. The summed E-state index contributed by atoms with van der Waals surface area (Å²) in [6.45, 7) is 6.58. The van der Waals surface area contributed by atoms with Crippen molar-refractivity contribution >= 4 is 29.0 Å². The number of carbonyl (C=O) groups is 3. The topological polar surface area (TPSA) is 63.7 Å².